The van der Waals surface area contributed by atoms with Gasteiger partial charge < -0.3 is 19.0 Å². The molecule has 0 aliphatic rings. The molecule has 5 heteroatoms. The summed E-state index contributed by atoms with van der Waals surface area (Å²) in [6, 6.07) is 0.819. The van der Waals surface area contributed by atoms with Gasteiger partial charge in [-0.2, -0.15) is 0 Å². The second-order valence-corrected chi connectivity index (χ2v) is 10.8. The van der Waals surface area contributed by atoms with E-state index in [9.17, 15) is 0 Å². The lowest BCUT2D eigenvalue weighted by molar-refractivity contribution is 0.0445. The van der Waals surface area contributed by atoms with Gasteiger partial charge in [0.25, 0.3) is 0 Å². The van der Waals surface area contributed by atoms with Crippen LogP contribution >= 0.6 is 0 Å². The van der Waals surface area contributed by atoms with E-state index in [0.29, 0.717) is 6.54 Å². The van der Waals surface area contributed by atoms with Crippen molar-refractivity contribution < 1.29 is 13.3 Å². The van der Waals surface area contributed by atoms with Gasteiger partial charge in [0.2, 0.25) is 0 Å². The Bertz CT molecular complexity index is 285. The lowest BCUT2D eigenvalue weighted by Crippen LogP contribution is -2.47. The molecule has 0 unspecified atom stereocenters. The van der Waals surface area contributed by atoms with Gasteiger partial charge in [-0.3, -0.25) is 0 Å². The van der Waals surface area contributed by atoms with Gasteiger partial charge in [0.05, 0.1) is 0 Å². The fourth-order valence-electron chi connectivity index (χ4n) is 3.58. The summed E-state index contributed by atoms with van der Waals surface area (Å²) in [5.41, 5.74) is 5.71. The highest BCUT2D eigenvalue weighted by Crippen LogP contribution is 2.24. The van der Waals surface area contributed by atoms with Crippen LogP contribution in [-0.2, 0) is 13.3 Å². The summed E-state index contributed by atoms with van der Waals surface area (Å²) in [6.07, 6.45) is 19.3. The van der Waals surface area contributed by atoms with Crippen LogP contribution in [0.5, 0.6) is 0 Å². The predicted octanol–water partition coefficient (Wildman–Crippen LogP) is 6.45. The Labute approximate surface area is 171 Å². The highest BCUT2D eigenvalue weighted by molar-refractivity contribution is 6.60. The number of nitrogens with two attached hydrogens (primary N) is 1. The maximum absolute atomic E-state index is 6.53. The van der Waals surface area contributed by atoms with Crippen LogP contribution in [0.15, 0.2) is 0 Å². The van der Waals surface area contributed by atoms with Crippen molar-refractivity contribution in [2.24, 2.45) is 5.73 Å². The summed E-state index contributed by atoms with van der Waals surface area (Å²) in [5.74, 6) is 0. The SMILES string of the molecule is CCCCCCCCC(CCCCCCCC)O[Si](CCCN)(OC)OC. The van der Waals surface area contributed by atoms with E-state index in [4.69, 9.17) is 19.0 Å². The van der Waals surface area contributed by atoms with Crippen LogP contribution in [0.25, 0.3) is 0 Å². The molecule has 0 amide bonds. The zero-order valence-electron chi connectivity index (χ0n) is 18.9. The minimum absolute atomic E-state index is 0.270. The van der Waals surface area contributed by atoms with E-state index in [-0.39, 0.29) is 6.10 Å². The van der Waals surface area contributed by atoms with Crippen molar-refractivity contribution in [2.75, 3.05) is 20.8 Å². The Morgan fingerprint density at radius 2 is 1.11 bits per heavy atom. The Kier molecular flexibility index (Phi) is 19.4. The normalized spacial score (nSPS) is 12.2. The van der Waals surface area contributed by atoms with Crippen molar-refractivity contribution >= 4 is 8.80 Å². The third kappa shape index (κ3) is 14.7. The lowest BCUT2D eigenvalue weighted by atomic mass is 10.0. The monoisotopic (exact) mass is 403 g/mol. The van der Waals surface area contributed by atoms with E-state index >= 15 is 0 Å². The summed E-state index contributed by atoms with van der Waals surface area (Å²) in [5, 5.41) is 0. The molecule has 0 aliphatic heterocycles. The standard InChI is InChI=1S/C22H49NO3Si/c1-5-7-9-11-13-15-18-22(19-16-14-12-10-8-6-2)26-27(24-3,25-4)21-17-20-23/h22H,5-21,23H2,1-4H3. The van der Waals surface area contributed by atoms with Gasteiger partial charge in [-0.15, -0.1) is 0 Å². The van der Waals surface area contributed by atoms with Crippen LogP contribution in [-0.4, -0.2) is 35.7 Å². The highest BCUT2D eigenvalue weighted by atomic mass is 28.4. The molecule has 27 heavy (non-hydrogen) atoms. The number of hydrogen-bond acceptors (Lipinski definition) is 4. The second-order valence-electron chi connectivity index (χ2n) is 7.84. The van der Waals surface area contributed by atoms with Crippen molar-refractivity contribution in [3.05, 3.63) is 0 Å². The van der Waals surface area contributed by atoms with Gasteiger partial charge in [-0.25, -0.2) is 0 Å². The van der Waals surface area contributed by atoms with E-state index in [1.54, 1.807) is 14.2 Å². The largest absolute Gasteiger partial charge is 0.500 e. The average molecular weight is 404 g/mol. The Morgan fingerprint density at radius 1 is 0.667 bits per heavy atom. The molecule has 0 heterocycles. The maximum Gasteiger partial charge on any atom is 0.500 e. The first-order valence-electron chi connectivity index (χ1n) is 11.7. The molecule has 0 aromatic rings. The molecule has 0 aromatic carbocycles. The first-order chi connectivity index (χ1) is 13.2. The summed E-state index contributed by atoms with van der Waals surface area (Å²) in [6.45, 7) is 5.20. The highest BCUT2D eigenvalue weighted by Gasteiger charge is 2.40. The van der Waals surface area contributed by atoms with E-state index in [2.05, 4.69) is 13.8 Å². The van der Waals surface area contributed by atoms with Crippen molar-refractivity contribution in [1.82, 2.24) is 0 Å². The summed E-state index contributed by atoms with van der Waals surface area (Å²) >= 11 is 0. The van der Waals surface area contributed by atoms with Crippen LogP contribution < -0.4 is 5.73 Å². The first kappa shape index (κ1) is 27.1. The van der Waals surface area contributed by atoms with Crippen molar-refractivity contribution in [2.45, 2.75) is 122 Å². The van der Waals surface area contributed by atoms with Crippen LogP contribution in [0.4, 0.5) is 0 Å². The van der Waals surface area contributed by atoms with Crippen LogP contribution in [0, 0.1) is 0 Å². The van der Waals surface area contributed by atoms with E-state index in [1.165, 1.54) is 77.0 Å². The number of unbranched alkanes of at least 4 members (excludes halogenated alkanes) is 10. The summed E-state index contributed by atoms with van der Waals surface area (Å²) < 4.78 is 18.1. The summed E-state index contributed by atoms with van der Waals surface area (Å²) in [4.78, 5) is 0. The third-order valence-electron chi connectivity index (χ3n) is 5.41. The van der Waals surface area contributed by atoms with E-state index in [0.717, 1.165) is 25.3 Å². The van der Waals surface area contributed by atoms with Crippen LogP contribution in [0.3, 0.4) is 0 Å². The average Bonchev–Trinajstić information content (AvgIpc) is 2.70. The van der Waals surface area contributed by atoms with Gasteiger partial charge in [-0.05, 0) is 25.8 Å². The summed E-state index contributed by atoms with van der Waals surface area (Å²) in [7, 11) is 0.900. The maximum atomic E-state index is 6.53. The molecule has 0 aliphatic carbocycles. The molecular formula is C22H49NO3Si. The van der Waals surface area contributed by atoms with E-state index < -0.39 is 8.80 Å². The molecule has 0 spiro atoms. The molecule has 164 valence electrons. The fraction of sp³-hybridized carbons (Fsp3) is 1.00. The van der Waals surface area contributed by atoms with Gasteiger partial charge in [0.15, 0.2) is 0 Å². The number of hydrogen-bond donors (Lipinski definition) is 1. The Morgan fingerprint density at radius 3 is 1.52 bits per heavy atom. The molecule has 0 rings (SSSR count). The molecule has 0 aromatic heterocycles. The minimum atomic E-state index is -2.57. The minimum Gasteiger partial charge on any atom is -0.377 e. The Balaban J connectivity index is 4.45. The molecule has 0 saturated carbocycles. The van der Waals surface area contributed by atoms with Crippen molar-refractivity contribution in [3.63, 3.8) is 0 Å². The topological polar surface area (TPSA) is 53.7 Å². The van der Waals surface area contributed by atoms with Crippen LogP contribution in [0.1, 0.15) is 110 Å². The number of rotatable bonds is 21. The quantitative estimate of drug-likeness (QED) is 0.177. The molecule has 0 fully saturated rings. The first-order valence-corrected chi connectivity index (χ1v) is 13.6. The zero-order valence-corrected chi connectivity index (χ0v) is 19.9. The molecule has 0 atom stereocenters. The lowest BCUT2D eigenvalue weighted by Gasteiger charge is -2.31. The fourth-order valence-corrected chi connectivity index (χ4v) is 5.85. The molecule has 0 saturated heterocycles. The molecule has 0 radical (unpaired) electrons. The second kappa shape index (κ2) is 19.4. The van der Waals surface area contributed by atoms with Gasteiger partial charge in [0.1, 0.15) is 0 Å². The molecule has 4 nitrogen and oxygen atoms in total. The van der Waals surface area contributed by atoms with Crippen molar-refractivity contribution in [1.29, 1.82) is 0 Å². The van der Waals surface area contributed by atoms with Crippen molar-refractivity contribution in [3.8, 4) is 0 Å². The third-order valence-corrected chi connectivity index (χ3v) is 8.32. The predicted molar refractivity (Wildman–Crippen MR) is 119 cm³/mol. The van der Waals surface area contributed by atoms with Crippen LogP contribution in [0.2, 0.25) is 6.04 Å². The molecular weight excluding hydrogens is 354 g/mol. The van der Waals surface area contributed by atoms with Gasteiger partial charge in [0, 0.05) is 26.4 Å². The van der Waals surface area contributed by atoms with Gasteiger partial charge in [-0.1, -0.05) is 90.9 Å². The molecule has 0 bridgehead atoms. The Hall–Kier alpha value is 0.0569. The zero-order chi connectivity index (χ0) is 20.2. The smallest absolute Gasteiger partial charge is 0.377 e. The van der Waals surface area contributed by atoms with E-state index in [1.807, 2.05) is 0 Å². The van der Waals surface area contributed by atoms with Gasteiger partial charge >= 0.3 is 8.80 Å². The molecule has 2 N–H and O–H groups in total.